The van der Waals surface area contributed by atoms with Crippen molar-refractivity contribution in [2.75, 3.05) is 39.3 Å². The molecule has 0 aromatic carbocycles. The van der Waals surface area contributed by atoms with Gasteiger partial charge in [-0.3, -0.25) is 9.59 Å². The van der Waals surface area contributed by atoms with Crippen molar-refractivity contribution in [1.82, 2.24) is 15.1 Å². The van der Waals surface area contributed by atoms with Gasteiger partial charge in [0.25, 0.3) is 0 Å². The standard InChI is InChI=1S/C21H37N3O2.ClH/c1-17(19-7-9-22-10-8-19)15-20(25)23-11-4-12-24(14-13-23)21(26)16-18-5-2-3-6-18;/h17-19,22H,2-16H2,1H3;1H. The topological polar surface area (TPSA) is 52.7 Å². The molecule has 0 aromatic rings. The normalized spacial score (nSPS) is 23.6. The van der Waals surface area contributed by atoms with Crippen LogP contribution in [0.25, 0.3) is 0 Å². The van der Waals surface area contributed by atoms with Gasteiger partial charge in [-0.25, -0.2) is 0 Å². The van der Waals surface area contributed by atoms with Crippen LogP contribution < -0.4 is 5.32 Å². The van der Waals surface area contributed by atoms with Crippen molar-refractivity contribution in [2.45, 2.75) is 64.7 Å². The maximum atomic E-state index is 12.8. The van der Waals surface area contributed by atoms with E-state index in [0.717, 1.165) is 45.6 Å². The van der Waals surface area contributed by atoms with Crippen LogP contribution in [0, 0.1) is 17.8 Å². The largest absolute Gasteiger partial charge is 0.341 e. The van der Waals surface area contributed by atoms with Crippen LogP contribution in [-0.4, -0.2) is 60.9 Å². The van der Waals surface area contributed by atoms with Gasteiger partial charge in [0.1, 0.15) is 0 Å². The van der Waals surface area contributed by atoms with E-state index < -0.39 is 0 Å². The maximum Gasteiger partial charge on any atom is 0.222 e. The second kappa shape index (κ2) is 11.3. The Hall–Kier alpha value is -0.810. The number of carbonyl (C=O) groups excluding carboxylic acids is 2. The van der Waals surface area contributed by atoms with Gasteiger partial charge in [0, 0.05) is 39.0 Å². The lowest BCUT2D eigenvalue weighted by Crippen LogP contribution is -2.39. The van der Waals surface area contributed by atoms with Crippen molar-refractivity contribution in [3.8, 4) is 0 Å². The van der Waals surface area contributed by atoms with Gasteiger partial charge in [0.05, 0.1) is 0 Å². The van der Waals surface area contributed by atoms with E-state index in [0.29, 0.717) is 42.5 Å². The van der Waals surface area contributed by atoms with E-state index >= 15 is 0 Å². The Kier molecular flexibility index (Phi) is 9.37. The maximum absolute atomic E-state index is 12.8. The van der Waals surface area contributed by atoms with E-state index in [1.165, 1.54) is 38.5 Å². The summed E-state index contributed by atoms with van der Waals surface area (Å²) in [5, 5.41) is 3.40. The predicted octanol–water partition coefficient (Wildman–Crippen LogP) is 3.08. The fourth-order valence-corrected chi connectivity index (χ4v) is 4.99. The lowest BCUT2D eigenvalue weighted by Gasteiger charge is -2.30. The minimum absolute atomic E-state index is 0. The van der Waals surface area contributed by atoms with Crippen molar-refractivity contribution in [2.24, 2.45) is 17.8 Å². The summed E-state index contributed by atoms with van der Waals surface area (Å²) in [5.74, 6) is 2.36. The number of carbonyl (C=O) groups is 2. The van der Waals surface area contributed by atoms with Crippen molar-refractivity contribution < 1.29 is 9.59 Å². The molecule has 0 spiro atoms. The zero-order chi connectivity index (χ0) is 18.4. The monoisotopic (exact) mass is 399 g/mol. The molecule has 1 aliphatic carbocycles. The molecule has 2 aliphatic heterocycles. The average Bonchev–Trinajstić information content (AvgIpc) is 3.03. The first-order valence-electron chi connectivity index (χ1n) is 10.9. The zero-order valence-corrected chi connectivity index (χ0v) is 17.8. The van der Waals surface area contributed by atoms with E-state index in [4.69, 9.17) is 0 Å². The third kappa shape index (κ3) is 6.63. The summed E-state index contributed by atoms with van der Waals surface area (Å²) in [6.07, 6.45) is 9.71. The molecule has 3 rings (SSSR count). The van der Waals surface area contributed by atoms with Gasteiger partial charge in [-0.1, -0.05) is 19.8 Å². The Morgan fingerprint density at radius 3 is 2.11 bits per heavy atom. The number of piperidine rings is 1. The summed E-state index contributed by atoms with van der Waals surface area (Å²) in [7, 11) is 0. The van der Waals surface area contributed by atoms with Crippen LogP contribution in [0.1, 0.15) is 64.7 Å². The number of hydrogen-bond donors (Lipinski definition) is 1. The number of nitrogens with zero attached hydrogens (tertiary/aromatic N) is 2. The highest BCUT2D eigenvalue weighted by atomic mass is 35.5. The van der Waals surface area contributed by atoms with Crippen LogP contribution in [-0.2, 0) is 9.59 Å². The van der Waals surface area contributed by atoms with Crippen LogP contribution >= 0.6 is 12.4 Å². The van der Waals surface area contributed by atoms with Crippen molar-refractivity contribution in [3.63, 3.8) is 0 Å². The van der Waals surface area contributed by atoms with Crippen LogP contribution in [0.5, 0.6) is 0 Å². The molecular weight excluding hydrogens is 362 g/mol. The minimum Gasteiger partial charge on any atom is -0.341 e. The molecule has 2 saturated heterocycles. The molecule has 1 unspecified atom stereocenters. The van der Waals surface area contributed by atoms with E-state index in [1.54, 1.807) is 0 Å². The van der Waals surface area contributed by atoms with Gasteiger partial charge in [-0.05, 0) is 62.9 Å². The van der Waals surface area contributed by atoms with Crippen molar-refractivity contribution in [1.29, 1.82) is 0 Å². The number of amides is 2. The molecule has 1 N–H and O–H groups in total. The van der Waals surface area contributed by atoms with E-state index in [2.05, 4.69) is 12.2 Å². The number of rotatable bonds is 5. The summed E-state index contributed by atoms with van der Waals surface area (Å²) in [4.78, 5) is 29.4. The first kappa shape index (κ1) is 22.5. The van der Waals surface area contributed by atoms with Gasteiger partial charge in [-0.2, -0.15) is 0 Å². The highest BCUT2D eigenvalue weighted by Gasteiger charge is 2.27. The molecule has 0 radical (unpaired) electrons. The van der Waals surface area contributed by atoms with Crippen molar-refractivity contribution >= 4 is 24.2 Å². The third-order valence-corrected chi connectivity index (χ3v) is 6.82. The first-order chi connectivity index (χ1) is 12.6. The van der Waals surface area contributed by atoms with Gasteiger partial charge in [0.2, 0.25) is 11.8 Å². The summed E-state index contributed by atoms with van der Waals surface area (Å²) in [6, 6.07) is 0. The molecular formula is C21H38ClN3O2. The lowest BCUT2D eigenvalue weighted by atomic mass is 9.84. The van der Waals surface area contributed by atoms with Crippen LogP contribution in [0.2, 0.25) is 0 Å². The smallest absolute Gasteiger partial charge is 0.222 e. The molecule has 2 amide bonds. The molecule has 5 nitrogen and oxygen atoms in total. The highest BCUT2D eigenvalue weighted by Crippen LogP contribution is 2.28. The van der Waals surface area contributed by atoms with Crippen molar-refractivity contribution in [3.05, 3.63) is 0 Å². The summed E-state index contributed by atoms with van der Waals surface area (Å²) in [6.45, 7) is 7.48. The Labute approximate surface area is 171 Å². The second-order valence-electron chi connectivity index (χ2n) is 8.74. The van der Waals surface area contributed by atoms with Gasteiger partial charge < -0.3 is 15.1 Å². The Bertz CT molecular complexity index is 476. The predicted molar refractivity (Wildman–Crippen MR) is 111 cm³/mol. The lowest BCUT2D eigenvalue weighted by molar-refractivity contribution is -0.134. The summed E-state index contributed by atoms with van der Waals surface area (Å²) >= 11 is 0. The average molecular weight is 400 g/mol. The quantitative estimate of drug-likeness (QED) is 0.772. The first-order valence-corrected chi connectivity index (χ1v) is 10.9. The number of halogens is 1. The molecule has 1 saturated carbocycles. The SMILES string of the molecule is CC(CC(=O)N1CCCN(C(=O)CC2CCCC2)CC1)C1CCNCC1.Cl. The number of hydrogen-bond acceptors (Lipinski definition) is 3. The minimum atomic E-state index is 0. The summed E-state index contributed by atoms with van der Waals surface area (Å²) in [5.41, 5.74) is 0. The van der Waals surface area contributed by atoms with Gasteiger partial charge in [-0.15, -0.1) is 12.4 Å². The molecule has 0 aromatic heterocycles. The molecule has 156 valence electrons. The van der Waals surface area contributed by atoms with Gasteiger partial charge in [0.15, 0.2) is 0 Å². The van der Waals surface area contributed by atoms with Crippen LogP contribution in [0.3, 0.4) is 0 Å². The van der Waals surface area contributed by atoms with Crippen LogP contribution in [0.15, 0.2) is 0 Å². The highest BCUT2D eigenvalue weighted by molar-refractivity contribution is 5.85. The van der Waals surface area contributed by atoms with E-state index in [9.17, 15) is 9.59 Å². The second-order valence-corrected chi connectivity index (χ2v) is 8.74. The third-order valence-electron chi connectivity index (χ3n) is 6.82. The molecule has 27 heavy (non-hydrogen) atoms. The molecule has 6 heteroatoms. The van der Waals surface area contributed by atoms with E-state index in [1.807, 2.05) is 9.80 Å². The molecule has 3 aliphatic rings. The van der Waals surface area contributed by atoms with Crippen LogP contribution in [0.4, 0.5) is 0 Å². The van der Waals surface area contributed by atoms with Gasteiger partial charge >= 0.3 is 0 Å². The molecule has 1 atom stereocenters. The fraction of sp³-hybridized carbons (Fsp3) is 0.905. The zero-order valence-electron chi connectivity index (χ0n) is 17.0. The van der Waals surface area contributed by atoms with E-state index in [-0.39, 0.29) is 12.4 Å². The molecule has 2 heterocycles. The Morgan fingerprint density at radius 1 is 0.889 bits per heavy atom. The Morgan fingerprint density at radius 2 is 1.48 bits per heavy atom. The summed E-state index contributed by atoms with van der Waals surface area (Å²) < 4.78 is 0. The molecule has 0 bridgehead atoms. The molecule has 3 fully saturated rings. The fourth-order valence-electron chi connectivity index (χ4n) is 4.99. The Balaban J connectivity index is 0.00000261. The number of nitrogens with one attached hydrogen (secondary N) is 1.